The molecule has 0 heterocycles. The Hall–Kier alpha value is -1.85. The minimum Gasteiger partial charge on any atom is -0.399 e. The van der Waals surface area contributed by atoms with Crippen molar-refractivity contribution >= 4 is 17.3 Å². The van der Waals surface area contributed by atoms with E-state index < -0.39 is 11.6 Å². The highest BCUT2D eigenvalue weighted by Crippen LogP contribution is 2.21. The second-order valence-corrected chi connectivity index (χ2v) is 3.21. The number of amides is 1. The highest BCUT2D eigenvalue weighted by molar-refractivity contribution is 5.76. The van der Waals surface area contributed by atoms with Crippen molar-refractivity contribution in [3.05, 3.63) is 23.8 Å². The van der Waals surface area contributed by atoms with Gasteiger partial charge in [0, 0.05) is 25.7 Å². The Bertz CT molecular complexity index is 373. The average molecular weight is 229 g/mol. The molecule has 4 nitrogen and oxygen atoms in total. The molecule has 0 saturated heterocycles. The lowest BCUT2D eigenvalue weighted by Crippen LogP contribution is -2.21. The Labute approximate surface area is 91.8 Å². The van der Waals surface area contributed by atoms with Crippen molar-refractivity contribution in [2.45, 2.75) is 6.42 Å². The molecule has 88 valence electrons. The van der Waals surface area contributed by atoms with Crippen molar-refractivity contribution in [3.63, 3.8) is 0 Å². The molecule has 1 aromatic rings. The summed E-state index contributed by atoms with van der Waals surface area (Å²) in [5.74, 6) is -1.74. The monoisotopic (exact) mass is 229 g/mol. The van der Waals surface area contributed by atoms with E-state index in [2.05, 4.69) is 10.6 Å². The number of hydrogen-bond acceptors (Lipinski definition) is 3. The first-order chi connectivity index (χ1) is 7.54. The zero-order valence-electron chi connectivity index (χ0n) is 8.81. The number of nitrogens with two attached hydrogens (primary N) is 1. The first-order valence-electron chi connectivity index (χ1n) is 4.73. The zero-order valence-corrected chi connectivity index (χ0v) is 8.81. The molecule has 0 aliphatic carbocycles. The summed E-state index contributed by atoms with van der Waals surface area (Å²) in [6.45, 7) is 0.150. The maximum absolute atomic E-state index is 13.2. The van der Waals surface area contributed by atoms with Crippen LogP contribution in [0.4, 0.5) is 20.2 Å². The second kappa shape index (κ2) is 5.29. The van der Waals surface area contributed by atoms with Crippen molar-refractivity contribution in [1.29, 1.82) is 0 Å². The van der Waals surface area contributed by atoms with E-state index in [1.165, 1.54) is 7.05 Å². The van der Waals surface area contributed by atoms with E-state index in [4.69, 9.17) is 5.73 Å². The first kappa shape index (κ1) is 12.2. The molecule has 1 amide bonds. The van der Waals surface area contributed by atoms with Crippen LogP contribution in [-0.4, -0.2) is 19.5 Å². The van der Waals surface area contributed by atoms with Crippen LogP contribution in [0.2, 0.25) is 0 Å². The second-order valence-electron chi connectivity index (χ2n) is 3.21. The molecule has 0 unspecified atom stereocenters. The molecule has 0 aliphatic rings. The van der Waals surface area contributed by atoms with E-state index in [-0.39, 0.29) is 30.2 Å². The lowest BCUT2D eigenvalue weighted by Gasteiger charge is -2.08. The van der Waals surface area contributed by atoms with Gasteiger partial charge >= 0.3 is 0 Å². The number of carbonyl (C=O) groups is 1. The number of anilines is 2. The Balaban J connectivity index is 2.64. The van der Waals surface area contributed by atoms with E-state index in [1.807, 2.05) is 0 Å². The first-order valence-corrected chi connectivity index (χ1v) is 4.73. The maximum Gasteiger partial charge on any atom is 0.221 e. The van der Waals surface area contributed by atoms with E-state index in [0.717, 1.165) is 12.1 Å². The largest absolute Gasteiger partial charge is 0.399 e. The smallest absolute Gasteiger partial charge is 0.221 e. The molecule has 16 heavy (non-hydrogen) atoms. The molecule has 0 aliphatic heterocycles. The Morgan fingerprint density at radius 1 is 1.38 bits per heavy atom. The maximum atomic E-state index is 13.2. The zero-order chi connectivity index (χ0) is 12.1. The van der Waals surface area contributed by atoms with Crippen LogP contribution >= 0.6 is 0 Å². The van der Waals surface area contributed by atoms with Gasteiger partial charge in [-0.05, 0) is 12.1 Å². The number of carbonyl (C=O) groups excluding carboxylic acids is 1. The quantitative estimate of drug-likeness (QED) is 0.677. The minimum absolute atomic E-state index is 0.0202. The van der Waals surface area contributed by atoms with E-state index >= 15 is 0 Å². The van der Waals surface area contributed by atoms with E-state index in [9.17, 15) is 13.6 Å². The third-order valence-electron chi connectivity index (χ3n) is 2.00. The number of nitrogens with one attached hydrogen (secondary N) is 2. The SMILES string of the molecule is CNC(=O)CCNc1c(F)cc(N)cc1F. The fourth-order valence-corrected chi connectivity index (χ4v) is 1.19. The van der Waals surface area contributed by atoms with Crippen LogP contribution in [0.25, 0.3) is 0 Å². The Morgan fingerprint density at radius 3 is 2.44 bits per heavy atom. The molecule has 0 fully saturated rings. The molecule has 0 atom stereocenters. The van der Waals surface area contributed by atoms with Crippen LogP contribution in [0.5, 0.6) is 0 Å². The summed E-state index contributed by atoms with van der Waals surface area (Å²) in [5, 5.41) is 4.91. The molecule has 0 bridgehead atoms. The van der Waals surface area contributed by atoms with E-state index in [1.54, 1.807) is 0 Å². The fourth-order valence-electron chi connectivity index (χ4n) is 1.19. The van der Waals surface area contributed by atoms with Gasteiger partial charge in [0.15, 0.2) is 11.6 Å². The molecular formula is C10H13F2N3O. The van der Waals surface area contributed by atoms with Crippen molar-refractivity contribution < 1.29 is 13.6 Å². The molecule has 6 heteroatoms. The third kappa shape index (κ3) is 3.08. The summed E-state index contributed by atoms with van der Waals surface area (Å²) < 4.78 is 26.5. The molecule has 0 saturated carbocycles. The van der Waals surface area contributed by atoms with Crippen molar-refractivity contribution in [1.82, 2.24) is 5.32 Å². The van der Waals surface area contributed by atoms with Crippen LogP contribution < -0.4 is 16.4 Å². The molecule has 4 N–H and O–H groups in total. The van der Waals surface area contributed by atoms with Gasteiger partial charge in [0.05, 0.1) is 0 Å². The van der Waals surface area contributed by atoms with Gasteiger partial charge in [0.1, 0.15) is 5.69 Å². The summed E-state index contributed by atoms with van der Waals surface area (Å²) in [5.41, 5.74) is 5.01. The van der Waals surface area contributed by atoms with Crippen LogP contribution in [0.15, 0.2) is 12.1 Å². The van der Waals surface area contributed by atoms with Crippen LogP contribution in [0, 0.1) is 11.6 Å². The number of halogens is 2. The summed E-state index contributed by atoms with van der Waals surface area (Å²) in [6.07, 6.45) is 0.139. The average Bonchev–Trinajstić information content (AvgIpc) is 2.21. The van der Waals surface area contributed by atoms with Crippen molar-refractivity contribution in [3.8, 4) is 0 Å². The predicted molar refractivity (Wildman–Crippen MR) is 57.9 cm³/mol. The predicted octanol–water partition coefficient (Wildman–Crippen LogP) is 1.09. The van der Waals surface area contributed by atoms with Crippen LogP contribution in [0.3, 0.4) is 0 Å². The highest BCUT2D eigenvalue weighted by atomic mass is 19.1. The highest BCUT2D eigenvalue weighted by Gasteiger charge is 2.09. The number of rotatable bonds is 4. The Kier molecular flexibility index (Phi) is 4.04. The van der Waals surface area contributed by atoms with Gasteiger partial charge in [-0.25, -0.2) is 8.78 Å². The normalized spacial score (nSPS) is 9.94. The molecule has 0 spiro atoms. The molecule has 0 aromatic heterocycles. The van der Waals surface area contributed by atoms with Gasteiger partial charge in [-0.3, -0.25) is 4.79 Å². The van der Waals surface area contributed by atoms with Gasteiger partial charge in [0.2, 0.25) is 5.91 Å². The number of nitrogen functional groups attached to an aromatic ring is 1. The van der Waals surface area contributed by atoms with Gasteiger partial charge in [-0.15, -0.1) is 0 Å². The summed E-state index contributed by atoms with van der Waals surface area (Å²) in [6, 6.07) is 2.04. The lowest BCUT2D eigenvalue weighted by molar-refractivity contribution is -0.120. The molecule has 0 radical (unpaired) electrons. The van der Waals surface area contributed by atoms with Crippen LogP contribution in [0.1, 0.15) is 6.42 Å². The number of hydrogen-bond donors (Lipinski definition) is 3. The summed E-state index contributed by atoms with van der Waals surface area (Å²) >= 11 is 0. The molecular weight excluding hydrogens is 216 g/mol. The van der Waals surface area contributed by atoms with Gasteiger partial charge < -0.3 is 16.4 Å². The Morgan fingerprint density at radius 2 is 1.94 bits per heavy atom. The minimum atomic E-state index is -0.769. The molecule has 1 rings (SSSR count). The van der Waals surface area contributed by atoms with Gasteiger partial charge in [-0.1, -0.05) is 0 Å². The summed E-state index contributed by atoms with van der Waals surface area (Å²) in [4.78, 5) is 10.9. The van der Waals surface area contributed by atoms with E-state index in [0.29, 0.717) is 0 Å². The van der Waals surface area contributed by atoms with Crippen molar-refractivity contribution in [2.75, 3.05) is 24.6 Å². The topological polar surface area (TPSA) is 67.2 Å². The molecule has 1 aromatic carbocycles. The standard InChI is InChI=1S/C10H13F2N3O/c1-14-9(16)2-3-15-10-7(11)4-6(13)5-8(10)12/h4-5,15H,2-3,13H2,1H3,(H,14,16). The van der Waals surface area contributed by atoms with Gasteiger partial charge in [-0.2, -0.15) is 0 Å². The summed E-state index contributed by atoms with van der Waals surface area (Å²) in [7, 11) is 1.49. The third-order valence-corrected chi connectivity index (χ3v) is 2.00. The van der Waals surface area contributed by atoms with Crippen LogP contribution in [-0.2, 0) is 4.79 Å². The van der Waals surface area contributed by atoms with Gasteiger partial charge in [0.25, 0.3) is 0 Å². The van der Waals surface area contributed by atoms with Crippen molar-refractivity contribution in [2.24, 2.45) is 0 Å². The number of benzene rings is 1. The fraction of sp³-hybridized carbons (Fsp3) is 0.300. The lowest BCUT2D eigenvalue weighted by atomic mass is 10.2.